The van der Waals surface area contributed by atoms with Crippen molar-refractivity contribution in [3.8, 4) is 0 Å². The van der Waals surface area contributed by atoms with E-state index in [0.29, 0.717) is 0 Å². The Morgan fingerprint density at radius 2 is 1.49 bits per heavy atom. The van der Waals surface area contributed by atoms with Crippen molar-refractivity contribution in [3.63, 3.8) is 0 Å². The Morgan fingerprint density at radius 3 is 2.00 bits per heavy atom. The minimum absolute atomic E-state index is 0.0314. The van der Waals surface area contributed by atoms with Gasteiger partial charge < -0.3 is 5.32 Å². The quantitative estimate of drug-likeness (QED) is 0.194. The molecule has 2 aromatic rings. The molecule has 13 heteroatoms. The van der Waals surface area contributed by atoms with E-state index < -0.39 is 49.3 Å². The van der Waals surface area contributed by atoms with Crippen molar-refractivity contribution in [2.24, 2.45) is 0 Å². The number of amides is 1. The summed E-state index contributed by atoms with van der Waals surface area (Å²) in [6, 6.07) is 5.92. The van der Waals surface area contributed by atoms with E-state index in [1.807, 2.05) is 0 Å². The molecule has 1 amide bonds. The summed E-state index contributed by atoms with van der Waals surface area (Å²) in [6.45, 7) is -1.52. The molecule has 0 spiro atoms. The van der Waals surface area contributed by atoms with Crippen molar-refractivity contribution >= 4 is 64.2 Å². The van der Waals surface area contributed by atoms with E-state index in [-0.39, 0.29) is 36.8 Å². The van der Waals surface area contributed by atoms with Crippen LogP contribution in [-0.2, 0) is 4.79 Å². The first kappa shape index (κ1) is 29.3. The highest BCUT2D eigenvalue weighted by Gasteiger charge is 2.39. The Bertz CT molecular complexity index is 1110. The predicted octanol–water partition coefficient (Wildman–Crippen LogP) is 8.30. The number of carbonyl (C=O) groups is 2. The van der Waals surface area contributed by atoms with Crippen LogP contribution in [0.1, 0.15) is 40.2 Å². The topological polar surface area (TPSA) is 46.2 Å². The third-order valence-corrected chi connectivity index (χ3v) is 6.07. The van der Waals surface area contributed by atoms with Gasteiger partial charge in [0.15, 0.2) is 5.78 Å². The zero-order valence-corrected chi connectivity index (χ0v) is 20.4. The Balaban J connectivity index is 2.15. The van der Waals surface area contributed by atoms with Gasteiger partial charge in [0.05, 0.1) is 26.0 Å². The van der Waals surface area contributed by atoms with Crippen LogP contribution in [0.15, 0.2) is 36.4 Å². The Hall–Kier alpha value is -1.94. The number of rotatable bonds is 8. The first-order valence-corrected chi connectivity index (χ1v) is 11.1. The van der Waals surface area contributed by atoms with Gasteiger partial charge >= 0.3 is 12.4 Å². The van der Waals surface area contributed by atoms with Crippen molar-refractivity contribution in [2.45, 2.75) is 31.1 Å². The van der Waals surface area contributed by atoms with E-state index in [0.717, 1.165) is 24.3 Å². The van der Waals surface area contributed by atoms with E-state index >= 15 is 0 Å². The van der Waals surface area contributed by atoms with Gasteiger partial charge in [0.1, 0.15) is 6.54 Å². The van der Waals surface area contributed by atoms with Gasteiger partial charge in [0.2, 0.25) is 5.91 Å². The summed E-state index contributed by atoms with van der Waals surface area (Å²) in [7, 11) is 0. The smallest absolute Gasteiger partial charge is 0.347 e. The number of ketones is 1. The summed E-state index contributed by atoms with van der Waals surface area (Å²) in [5.74, 6) is -3.66. The number of halogens is 10. The summed E-state index contributed by atoms with van der Waals surface area (Å²) < 4.78 is 77.3. The van der Waals surface area contributed by atoms with Crippen LogP contribution in [-0.4, -0.2) is 30.6 Å². The normalized spacial score (nSPS) is 13.2. The molecule has 0 heterocycles. The maximum absolute atomic E-state index is 13.7. The minimum atomic E-state index is -4.69. The third-order valence-electron chi connectivity index (χ3n) is 4.56. The SMILES string of the molecule is O=C(CCC(=O)c1ccc(/C=C/C(c2cc(Cl)c(Cl)c(Cl)c2)C(F)(F)F)cc1Cl)NCC(F)(F)F. The summed E-state index contributed by atoms with van der Waals surface area (Å²) in [5.41, 5.74) is -0.0409. The summed E-state index contributed by atoms with van der Waals surface area (Å²) >= 11 is 23.6. The number of benzene rings is 2. The lowest BCUT2D eigenvalue weighted by molar-refractivity contribution is -0.139. The minimum Gasteiger partial charge on any atom is -0.347 e. The fraction of sp³-hybridized carbons (Fsp3) is 0.273. The lowest BCUT2D eigenvalue weighted by atomic mass is 9.96. The molecule has 3 nitrogen and oxygen atoms in total. The van der Waals surface area contributed by atoms with E-state index in [2.05, 4.69) is 0 Å². The second-order valence-corrected chi connectivity index (χ2v) is 8.83. The number of hydrogen-bond donors (Lipinski definition) is 1. The van der Waals surface area contributed by atoms with Crippen LogP contribution in [0.25, 0.3) is 6.08 Å². The van der Waals surface area contributed by atoms with Crippen LogP contribution in [0.3, 0.4) is 0 Å². The van der Waals surface area contributed by atoms with Gasteiger partial charge in [0.25, 0.3) is 0 Å². The molecule has 1 unspecified atom stereocenters. The summed E-state index contributed by atoms with van der Waals surface area (Å²) in [6.07, 6.45) is -8.18. The van der Waals surface area contributed by atoms with Gasteiger partial charge in [-0.3, -0.25) is 9.59 Å². The zero-order chi connectivity index (χ0) is 26.6. The maximum Gasteiger partial charge on any atom is 0.405 e. The molecule has 1 N–H and O–H groups in total. The van der Waals surface area contributed by atoms with E-state index in [1.165, 1.54) is 18.2 Å². The molecule has 0 fully saturated rings. The van der Waals surface area contributed by atoms with E-state index in [4.69, 9.17) is 46.4 Å². The van der Waals surface area contributed by atoms with Crippen LogP contribution in [0.2, 0.25) is 20.1 Å². The van der Waals surface area contributed by atoms with Crippen molar-refractivity contribution in [1.29, 1.82) is 0 Å². The zero-order valence-electron chi connectivity index (χ0n) is 17.3. The van der Waals surface area contributed by atoms with Gasteiger partial charge in [-0.05, 0) is 35.4 Å². The van der Waals surface area contributed by atoms with E-state index in [9.17, 15) is 35.9 Å². The largest absolute Gasteiger partial charge is 0.405 e. The highest BCUT2D eigenvalue weighted by Crippen LogP contribution is 2.41. The average molecular weight is 581 g/mol. The second kappa shape index (κ2) is 11.9. The number of alkyl halides is 6. The molecular formula is C22H15Cl4F6NO2. The molecule has 2 aromatic carbocycles. The molecule has 0 saturated heterocycles. The predicted molar refractivity (Wildman–Crippen MR) is 123 cm³/mol. The van der Waals surface area contributed by atoms with Crippen LogP contribution in [0.5, 0.6) is 0 Å². The van der Waals surface area contributed by atoms with Gasteiger partial charge in [0, 0.05) is 18.4 Å². The number of carbonyl (C=O) groups excluding carboxylic acids is 2. The first-order chi connectivity index (χ1) is 16.1. The van der Waals surface area contributed by atoms with E-state index in [1.54, 1.807) is 5.32 Å². The Morgan fingerprint density at radius 1 is 0.886 bits per heavy atom. The average Bonchev–Trinajstić information content (AvgIpc) is 2.73. The highest BCUT2D eigenvalue weighted by atomic mass is 35.5. The van der Waals surface area contributed by atoms with Crippen molar-refractivity contribution in [1.82, 2.24) is 5.32 Å². The molecule has 35 heavy (non-hydrogen) atoms. The monoisotopic (exact) mass is 579 g/mol. The summed E-state index contributed by atoms with van der Waals surface area (Å²) in [4.78, 5) is 23.7. The fourth-order valence-electron chi connectivity index (χ4n) is 2.88. The number of hydrogen-bond acceptors (Lipinski definition) is 2. The third kappa shape index (κ3) is 8.90. The Labute approximate surface area is 216 Å². The van der Waals surface area contributed by atoms with Crippen molar-refractivity contribution in [2.75, 3.05) is 6.54 Å². The van der Waals surface area contributed by atoms with Crippen LogP contribution >= 0.6 is 46.4 Å². The molecule has 0 radical (unpaired) electrons. The number of allylic oxidation sites excluding steroid dienone is 1. The highest BCUT2D eigenvalue weighted by molar-refractivity contribution is 6.48. The van der Waals surface area contributed by atoms with Crippen molar-refractivity contribution < 1.29 is 35.9 Å². The van der Waals surface area contributed by atoms with Gasteiger partial charge in [-0.15, -0.1) is 0 Å². The van der Waals surface area contributed by atoms with Crippen LogP contribution < -0.4 is 5.32 Å². The maximum atomic E-state index is 13.7. The van der Waals surface area contributed by atoms with Gasteiger partial charge in [-0.2, -0.15) is 26.3 Å². The molecule has 0 aliphatic heterocycles. The molecule has 2 rings (SSSR count). The molecule has 0 saturated carbocycles. The van der Waals surface area contributed by atoms with Crippen LogP contribution in [0, 0.1) is 0 Å². The molecule has 0 aromatic heterocycles. The molecule has 0 aliphatic carbocycles. The molecule has 0 aliphatic rings. The van der Waals surface area contributed by atoms with Crippen LogP contribution in [0.4, 0.5) is 26.3 Å². The number of Topliss-reactive ketones (excluding diaryl/α,β-unsaturated/α-hetero) is 1. The molecule has 0 bridgehead atoms. The fourth-order valence-corrected chi connectivity index (χ4v) is 3.79. The lowest BCUT2D eigenvalue weighted by Gasteiger charge is -2.18. The van der Waals surface area contributed by atoms with Gasteiger partial charge in [-0.1, -0.05) is 64.6 Å². The Kier molecular flexibility index (Phi) is 9.93. The molecular weight excluding hydrogens is 566 g/mol. The van der Waals surface area contributed by atoms with Gasteiger partial charge in [-0.25, -0.2) is 0 Å². The second-order valence-electron chi connectivity index (χ2n) is 7.23. The number of nitrogens with one attached hydrogen (secondary N) is 1. The first-order valence-electron chi connectivity index (χ1n) is 9.64. The standard InChI is InChI=1S/C22H15Cl4F6NO2/c23-15-7-11(1-3-13(15)18(34)5-6-19(35)33-10-21(27,28)29)2-4-14(22(30,31)32)12-8-16(24)20(26)17(25)9-12/h1-4,7-9,14H,5-6,10H2,(H,33,35)/b4-2+. The summed E-state index contributed by atoms with van der Waals surface area (Å²) in [5, 5.41) is 1.17. The molecule has 1 atom stereocenters. The van der Waals surface area contributed by atoms with Crippen molar-refractivity contribution in [3.05, 3.63) is 73.2 Å². The lowest BCUT2D eigenvalue weighted by Crippen LogP contribution is -2.33. The molecule has 190 valence electrons.